The zero-order valence-corrected chi connectivity index (χ0v) is 29.0. The van der Waals surface area contributed by atoms with Crippen molar-refractivity contribution in [2.45, 2.75) is 19.3 Å². The maximum Gasteiger partial charge on any atom is 0.172 e. The smallest absolute Gasteiger partial charge is 0.172 e. The lowest BCUT2D eigenvalue weighted by atomic mass is 9.82. The molecule has 8 aromatic carbocycles. The van der Waals surface area contributed by atoms with E-state index in [-0.39, 0.29) is 5.41 Å². The molecule has 0 saturated heterocycles. The van der Waals surface area contributed by atoms with Gasteiger partial charge in [0.05, 0.1) is 11.1 Å². The second-order valence-electron chi connectivity index (χ2n) is 14.2. The van der Waals surface area contributed by atoms with Crippen molar-refractivity contribution in [3.8, 4) is 56.4 Å². The Hall–Kier alpha value is -6.58. The number of benzene rings is 8. The summed E-state index contributed by atoms with van der Waals surface area (Å²) in [7, 11) is 0. The molecule has 0 unspecified atom stereocenters. The molecule has 248 valence electrons. The fraction of sp³-hybridized carbons (Fsp3) is 0.0612. The van der Waals surface area contributed by atoms with E-state index in [2.05, 4.69) is 164 Å². The summed E-state index contributed by atoms with van der Waals surface area (Å²) >= 11 is 0. The van der Waals surface area contributed by atoms with E-state index in [1.54, 1.807) is 0 Å². The zero-order valence-electron chi connectivity index (χ0n) is 29.0. The first-order chi connectivity index (χ1) is 25.5. The van der Waals surface area contributed by atoms with Crippen LogP contribution < -0.4 is 14.4 Å². The minimum absolute atomic E-state index is 0.126. The van der Waals surface area contributed by atoms with Gasteiger partial charge >= 0.3 is 0 Å². The van der Waals surface area contributed by atoms with E-state index >= 15 is 0 Å². The van der Waals surface area contributed by atoms with E-state index in [0.29, 0.717) is 11.5 Å². The Bertz CT molecular complexity index is 2640. The topological polar surface area (TPSA) is 21.7 Å². The summed E-state index contributed by atoms with van der Waals surface area (Å²) in [5.74, 6) is 2.95. The molecular weight excluding hydrogens is 635 g/mol. The lowest BCUT2D eigenvalue weighted by Gasteiger charge is -2.28. The van der Waals surface area contributed by atoms with Gasteiger partial charge in [0, 0.05) is 22.9 Å². The predicted molar refractivity (Wildman–Crippen MR) is 214 cm³/mol. The average molecular weight is 670 g/mol. The summed E-state index contributed by atoms with van der Waals surface area (Å²) < 4.78 is 13.2. The normalized spacial score (nSPS) is 13.3. The van der Waals surface area contributed by atoms with Gasteiger partial charge in [0.1, 0.15) is 11.5 Å². The van der Waals surface area contributed by atoms with Crippen molar-refractivity contribution in [2.24, 2.45) is 0 Å². The van der Waals surface area contributed by atoms with Crippen LogP contribution in [-0.4, -0.2) is 0 Å². The van der Waals surface area contributed by atoms with Gasteiger partial charge in [-0.05, 0) is 98.4 Å². The van der Waals surface area contributed by atoms with Crippen LogP contribution in [0.5, 0.6) is 23.0 Å². The van der Waals surface area contributed by atoms with Gasteiger partial charge in [-0.15, -0.1) is 0 Å². The third kappa shape index (κ3) is 4.89. The third-order valence-corrected chi connectivity index (χ3v) is 10.7. The second-order valence-corrected chi connectivity index (χ2v) is 14.2. The molecule has 0 aromatic heterocycles. The van der Waals surface area contributed by atoms with Crippen molar-refractivity contribution < 1.29 is 9.47 Å². The molecule has 0 atom stereocenters. The highest BCUT2D eigenvalue weighted by atomic mass is 16.5. The van der Waals surface area contributed by atoms with Gasteiger partial charge in [-0.3, -0.25) is 0 Å². The van der Waals surface area contributed by atoms with Crippen molar-refractivity contribution in [1.82, 2.24) is 0 Å². The van der Waals surface area contributed by atoms with Gasteiger partial charge in [0.15, 0.2) is 11.5 Å². The zero-order chi connectivity index (χ0) is 34.8. The first-order valence-electron chi connectivity index (χ1n) is 17.8. The van der Waals surface area contributed by atoms with Crippen molar-refractivity contribution in [3.05, 3.63) is 187 Å². The lowest BCUT2D eigenvalue weighted by molar-refractivity contribution is 0.439. The van der Waals surface area contributed by atoms with Crippen LogP contribution >= 0.6 is 0 Å². The molecule has 0 fully saturated rings. The van der Waals surface area contributed by atoms with Crippen LogP contribution in [0.15, 0.2) is 176 Å². The van der Waals surface area contributed by atoms with Crippen LogP contribution in [0.1, 0.15) is 25.0 Å². The molecule has 3 heteroatoms. The molecule has 0 radical (unpaired) electrons. The number of ether oxygens (including phenoxy) is 2. The molecular formula is C49H35NO2. The Morgan fingerprint density at radius 1 is 0.385 bits per heavy atom. The van der Waals surface area contributed by atoms with E-state index in [0.717, 1.165) is 39.3 Å². The maximum atomic E-state index is 6.65. The van der Waals surface area contributed by atoms with Gasteiger partial charge < -0.3 is 14.4 Å². The first kappa shape index (κ1) is 30.3. The minimum atomic E-state index is -0.126. The van der Waals surface area contributed by atoms with Gasteiger partial charge in [-0.2, -0.15) is 0 Å². The Morgan fingerprint density at radius 2 is 0.923 bits per heavy atom. The summed E-state index contributed by atoms with van der Waals surface area (Å²) in [6.45, 7) is 4.66. The number of rotatable bonds is 5. The Labute approximate surface area is 304 Å². The summed E-state index contributed by atoms with van der Waals surface area (Å²) in [4.78, 5) is 2.32. The molecule has 10 rings (SSSR count). The largest absolute Gasteiger partial charge is 0.453 e. The number of hydrogen-bond acceptors (Lipinski definition) is 3. The van der Waals surface area contributed by atoms with Crippen LogP contribution in [0.25, 0.3) is 44.2 Å². The van der Waals surface area contributed by atoms with E-state index < -0.39 is 0 Å². The van der Waals surface area contributed by atoms with Crippen LogP contribution in [0.4, 0.5) is 17.1 Å². The van der Waals surface area contributed by atoms with Crippen LogP contribution in [-0.2, 0) is 5.41 Å². The number of hydrogen-bond donors (Lipinski definition) is 0. The number of nitrogens with zero attached hydrogens (tertiary/aromatic N) is 1. The van der Waals surface area contributed by atoms with Gasteiger partial charge in [0.2, 0.25) is 0 Å². The standard InChI is InChI=1S/C49H35NO2/c1-49(2)42-15-7-6-14-40(42)41-28-26-38(30-43(41)49)50(37-24-22-35(23-25-37)34-20-18-33(19-21-34)32-10-4-3-5-11-32)39-27-29-44-47(31-39)52-46-17-9-13-36-12-8-16-45(51-44)48(36)46/h3-31H,1-2H3. The van der Waals surface area contributed by atoms with Crippen molar-refractivity contribution in [1.29, 1.82) is 0 Å². The molecule has 0 saturated carbocycles. The monoisotopic (exact) mass is 669 g/mol. The van der Waals surface area contributed by atoms with Crippen LogP contribution in [0.2, 0.25) is 0 Å². The Morgan fingerprint density at radius 3 is 1.63 bits per heavy atom. The van der Waals surface area contributed by atoms with Crippen LogP contribution in [0.3, 0.4) is 0 Å². The number of anilines is 3. The maximum absolute atomic E-state index is 6.65. The van der Waals surface area contributed by atoms with Crippen molar-refractivity contribution in [2.75, 3.05) is 4.90 Å². The molecule has 52 heavy (non-hydrogen) atoms. The summed E-state index contributed by atoms with van der Waals surface area (Å²) in [6.07, 6.45) is 0. The van der Waals surface area contributed by atoms with E-state index in [1.165, 1.54) is 44.5 Å². The fourth-order valence-electron chi connectivity index (χ4n) is 8.05. The molecule has 8 aromatic rings. The van der Waals surface area contributed by atoms with Gasteiger partial charge in [-0.1, -0.05) is 135 Å². The molecule has 1 aliphatic heterocycles. The second kappa shape index (κ2) is 11.8. The highest BCUT2D eigenvalue weighted by molar-refractivity contribution is 5.95. The summed E-state index contributed by atoms with van der Waals surface area (Å²) in [5.41, 5.74) is 13.1. The molecule has 3 nitrogen and oxygen atoms in total. The minimum Gasteiger partial charge on any atom is -0.453 e. The van der Waals surface area contributed by atoms with Gasteiger partial charge in [0.25, 0.3) is 0 Å². The summed E-state index contributed by atoms with van der Waals surface area (Å²) in [5, 5.41) is 2.06. The fourth-order valence-corrected chi connectivity index (χ4v) is 8.05. The highest BCUT2D eigenvalue weighted by Crippen LogP contribution is 2.52. The predicted octanol–water partition coefficient (Wildman–Crippen LogP) is 13.8. The molecule has 0 N–H and O–H groups in total. The van der Waals surface area contributed by atoms with Crippen molar-refractivity contribution >= 4 is 27.8 Å². The third-order valence-electron chi connectivity index (χ3n) is 10.7. The van der Waals surface area contributed by atoms with E-state index in [1.807, 2.05) is 30.3 Å². The van der Waals surface area contributed by atoms with E-state index in [9.17, 15) is 0 Å². The quantitative estimate of drug-likeness (QED) is 0.182. The first-order valence-corrected chi connectivity index (χ1v) is 17.8. The molecule has 0 amide bonds. The Kier molecular flexibility index (Phi) is 6.84. The molecule has 0 spiro atoms. The van der Waals surface area contributed by atoms with Crippen LogP contribution in [0, 0.1) is 0 Å². The van der Waals surface area contributed by atoms with Gasteiger partial charge in [-0.25, -0.2) is 0 Å². The molecule has 2 aliphatic rings. The lowest BCUT2D eigenvalue weighted by Crippen LogP contribution is -2.16. The molecule has 1 heterocycles. The average Bonchev–Trinajstić information content (AvgIpc) is 3.30. The SMILES string of the molecule is CC1(C)c2ccccc2-c2ccc(N(c3ccc(-c4ccc(-c5ccccc5)cc4)cc3)c3ccc4c(c3)Oc3cccc5cccc(c35)O4)cc21. The highest BCUT2D eigenvalue weighted by Gasteiger charge is 2.36. The van der Waals surface area contributed by atoms with E-state index in [4.69, 9.17) is 9.47 Å². The molecule has 0 bridgehead atoms. The van der Waals surface area contributed by atoms with Crippen molar-refractivity contribution in [3.63, 3.8) is 0 Å². The number of fused-ring (bicyclic) bond motifs is 4. The summed E-state index contributed by atoms with van der Waals surface area (Å²) in [6, 6.07) is 62.4. The Balaban J connectivity index is 1.07. The molecule has 1 aliphatic carbocycles.